The molecular formula is C12H24O2. The number of hydrogen-bond donors (Lipinski definition) is 0. The molecule has 1 aliphatic heterocycles. The van der Waals surface area contributed by atoms with Gasteiger partial charge in [-0.2, -0.15) is 0 Å². The van der Waals surface area contributed by atoms with Gasteiger partial charge in [0.05, 0.1) is 13.2 Å². The minimum atomic E-state index is -0.370. The Kier molecular flexibility index (Phi) is 3.96. The van der Waals surface area contributed by atoms with Crippen LogP contribution in [0.2, 0.25) is 0 Å². The predicted molar refractivity (Wildman–Crippen MR) is 58.2 cm³/mol. The summed E-state index contributed by atoms with van der Waals surface area (Å²) in [6.07, 6.45) is 4.87. The van der Waals surface area contributed by atoms with Gasteiger partial charge in [-0.1, -0.05) is 26.7 Å². The minimum absolute atomic E-state index is 0.291. The summed E-state index contributed by atoms with van der Waals surface area (Å²) in [5.74, 6) is -0.370. The zero-order valence-electron chi connectivity index (χ0n) is 10.1. The molecule has 0 bridgehead atoms. The lowest BCUT2D eigenvalue weighted by molar-refractivity contribution is -0.287. The molecule has 0 aromatic heterocycles. The Morgan fingerprint density at radius 1 is 0.929 bits per heavy atom. The van der Waals surface area contributed by atoms with Crippen molar-refractivity contribution in [3.63, 3.8) is 0 Å². The molecule has 0 radical (unpaired) electrons. The Morgan fingerprint density at radius 3 is 1.71 bits per heavy atom. The molecule has 1 saturated heterocycles. The highest BCUT2D eigenvalue weighted by molar-refractivity contribution is 4.82. The highest BCUT2D eigenvalue weighted by Gasteiger charge is 2.38. The van der Waals surface area contributed by atoms with Gasteiger partial charge in [0.15, 0.2) is 5.79 Å². The lowest BCUT2D eigenvalue weighted by atomic mass is 9.80. The molecule has 1 aliphatic rings. The van der Waals surface area contributed by atoms with Crippen LogP contribution in [0.15, 0.2) is 0 Å². The molecule has 84 valence electrons. The van der Waals surface area contributed by atoms with Gasteiger partial charge < -0.3 is 9.47 Å². The van der Waals surface area contributed by atoms with E-state index in [-0.39, 0.29) is 5.79 Å². The van der Waals surface area contributed by atoms with Gasteiger partial charge in [0.25, 0.3) is 0 Å². The second-order valence-electron chi connectivity index (χ2n) is 4.98. The van der Waals surface area contributed by atoms with E-state index in [0.717, 1.165) is 13.2 Å². The van der Waals surface area contributed by atoms with E-state index >= 15 is 0 Å². The second kappa shape index (κ2) is 4.63. The van der Waals surface area contributed by atoms with Crippen molar-refractivity contribution in [2.24, 2.45) is 5.41 Å². The molecule has 0 atom stereocenters. The Bertz CT molecular complexity index is 157. The van der Waals surface area contributed by atoms with Crippen LogP contribution in [0.25, 0.3) is 0 Å². The fourth-order valence-corrected chi connectivity index (χ4v) is 2.21. The zero-order chi connectivity index (χ0) is 10.7. The largest absolute Gasteiger partial charge is 0.350 e. The highest BCUT2D eigenvalue weighted by atomic mass is 16.7. The van der Waals surface area contributed by atoms with Crippen molar-refractivity contribution in [2.75, 3.05) is 13.2 Å². The van der Waals surface area contributed by atoms with E-state index in [4.69, 9.17) is 9.47 Å². The van der Waals surface area contributed by atoms with Crippen molar-refractivity contribution in [2.45, 2.75) is 59.2 Å². The lowest BCUT2D eigenvalue weighted by Gasteiger charge is -2.43. The summed E-state index contributed by atoms with van der Waals surface area (Å²) >= 11 is 0. The van der Waals surface area contributed by atoms with Crippen LogP contribution in [0.3, 0.4) is 0 Å². The average Bonchev–Trinajstić information content (AvgIpc) is 2.12. The van der Waals surface area contributed by atoms with E-state index in [2.05, 4.69) is 13.8 Å². The monoisotopic (exact) mass is 200 g/mol. The molecule has 0 aliphatic carbocycles. The first-order valence-corrected chi connectivity index (χ1v) is 5.81. The maximum atomic E-state index is 5.76. The maximum absolute atomic E-state index is 5.76. The molecule has 0 aromatic carbocycles. The van der Waals surface area contributed by atoms with Crippen LogP contribution in [0.5, 0.6) is 0 Å². The molecule has 1 heterocycles. The summed E-state index contributed by atoms with van der Waals surface area (Å²) in [5.41, 5.74) is 0.291. The van der Waals surface area contributed by atoms with Crippen molar-refractivity contribution >= 4 is 0 Å². The van der Waals surface area contributed by atoms with Crippen LogP contribution < -0.4 is 0 Å². The first kappa shape index (κ1) is 12.0. The minimum Gasteiger partial charge on any atom is -0.350 e. The molecular weight excluding hydrogens is 176 g/mol. The molecule has 0 spiro atoms. The summed E-state index contributed by atoms with van der Waals surface area (Å²) < 4.78 is 11.5. The van der Waals surface area contributed by atoms with Crippen LogP contribution in [-0.4, -0.2) is 19.0 Å². The van der Waals surface area contributed by atoms with Crippen LogP contribution in [0.1, 0.15) is 53.4 Å². The van der Waals surface area contributed by atoms with Gasteiger partial charge in [-0.05, 0) is 26.7 Å². The first-order valence-electron chi connectivity index (χ1n) is 5.81. The fourth-order valence-electron chi connectivity index (χ4n) is 2.21. The Morgan fingerprint density at radius 2 is 1.36 bits per heavy atom. The second-order valence-corrected chi connectivity index (χ2v) is 4.98. The number of ether oxygens (including phenoxy) is 2. The van der Waals surface area contributed by atoms with E-state index in [9.17, 15) is 0 Å². The van der Waals surface area contributed by atoms with Crippen molar-refractivity contribution < 1.29 is 9.47 Å². The lowest BCUT2D eigenvalue weighted by Crippen LogP contribution is -2.46. The summed E-state index contributed by atoms with van der Waals surface area (Å²) in [7, 11) is 0. The van der Waals surface area contributed by atoms with E-state index in [0.29, 0.717) is 5.41 Å². The summed E-state index contributed by atoms with van der Waals surface area (Å²) in [6.45, 7) is 10.2. The fraction of sp³-hybridized carbons (Fsp3) is 1.00. The van der Waals surface area contributed by atoms with Crippen LogP contribution >= 0.6 is 0 Å². The molecule has 0 saturated carbocycles. The van der Waals surface area contributed by atoms with E-state index < -0.39 is 0 Å². The highest BCUT2D eigenvalue weighted by Crippen LogP contribution is 2.37. The summed E-state index contributed by atoms with van der Waals surface area (Å²) in [5, 5.41) is 0. The van der Waals surface area contributed by atoms with Gasteiger partial charge in [-0.3, -0.25) is 0 Å². The average molecular weight is 200 g/mol. The number of rotatable bonds is 4. The van der Waals surface area contributed by atoms with Gasteiger partial charge in [0.2, 0.25) is 0 Å². The van der Waals surface area contributed by atoms with Gasteiger partial charge in [-0.15, -0.1) is 0 Å². The zero-order valence-corrected chi connectivity index (χ0v) is 10.1. The Hall–Kier alpha value is -0.0800. The van der Waals surface area contributed by atoms with Gasteiger partial charge in [0, 0.05) is 5.41 Å². The predicted octanol–water partition coefficient (Wildman–Crippen LogP) is 3.36. The summed E-state index contributed by atoms with van der Waals surface area (Å²) in [4.78, 5) is 0. The molecule has 14 heavy (non-hydrogen) atoms. The normalized spacial score (nSPS) is 24.9. The maximum Gasteiger partial charge on any atom is 0.162 e. The van der Waals surface area contributed by atoms with Gasteiger partial charge in [0.1, 0.15) is 0 Å². The number of hydrogen-bond acceptors (Lipinski definition) is 2. The van der Waals surface area contributed by atoms with Crippen molar-refractivity contribution in [1.82, 2.24) is 0 Å². The molecule has 1 rings (SSSR count). The topological polar surface area (TPSA) is 18.5 Å². The molecule has 0 aromatic rings. The smallest absolute Gasteiger partial charge is 0.162 e. The van der Waals surface area contributed by atoms with Crippen LogP contribution in [-0.2, 0) is 9.47 Å². The van der Waals surface area contributed by atoms with Crippen LogP contribution in [0.4, 0.5) is 0 Å². The molecule has 2 nitrogen and oxygen atoms in total. The van der Waals surface area contributed by atoms with Gasteiger partial charge >= 0.3 is 0 Å². The molecule has 1 fully saturated rings. The van der Waals surface area contributed by atoms with Crippen molar-refractivity contribution in [1.29, 1.82) is 0 Å². The van der Waals surface area contributed by atoms with E-state index in [1.807, 2.05) is 13.8 Å². The third-order valence-electron chi connectivity index (χ3n) is 3.01. The van der Waals surface area contributed by atoms with Crippen LogP contribution in [0, 0.1) is 5.41 Å². The molecule has 0 N–H and O–H groups in total. The van der Waals surface area contributed by atoms with Gasteiger partial charge in [-0.25, -0.2) is 0 Å². The SMILES string of the molecule is CCCC1(CCC)COC(C)(C)OC1. The Labute approximate surface area is 88.0 Å². The third-order valence-corrected chi connectivity index (χ3v) is 3.01. The van der Waals surface area contributed by atoms with Crippen molar-refractivity contribution in [3.05, 3.63) is 0 Å². The van der Waals surface area contributed by atoms with E-state index in [1.165, 1.54) is 25.7 Å². The standard InChI is InChI=1S/C12H24O2/c1-5-7-12(8-6-2)9-13-11(3,4)14-10-12/h5-10H2,1-4H3. The van der Waals surface area contributed by atoms with Crippen molar-refractivity contribution in [3.8, 4) is 0 Å². The molecule has 2 heteroatoms. The summed E-state index contributed by atoms with van der Waals surface area (Å²) in [6, 6.07) is 0. The first-order chi connectivity index (χ1) is 6.54. The molecule has 0 unspecified atom stereocenters. The third kappa shape index (κ3) is 2.96. The van der Waals surface area contributed by atoms with E-state index in [1.54, 1.807) is 0 Å². The Balaban J connectivity index is 2.54. The molecule has 0 amide bonds. The quantitative estimate of drug-likeness (QED) is 0.693.